The van der Waals surface area contributed by atoms with E-state index in [-0.39, 0.29) is 0 Å². The molecule has 16 heavy (non-hydrogen) atoms. The van der Waals surface area contributed by atoms with E-state index in [1.807, 2.05) is 0 Å². The molecule has 0 aliphatic rings. The lowest BCUT2D eigenvalue weighted by Crippen LogP contribution is -2.31. The van der Waals surface area contributed by atoms with Gasteiger partial charge in [-0.15, -0.1) is 0 Å². The summed E-state index contributed by atoms with van der Waals surface area (Å²) in [6.07, 6.45) is 2.28. The van der Waals surface area contributed by atoms with Crippen molar-refractivity contribution in [2.75, 3.05) is 11.4 Å². The largest absolute Gasteiger partial charge is 0.365 e. The highest BCUT2D eigenvalue weighted by Gasteiger charge is 2.10. The molecule has 0 unspecified atom stereocenters. The quantitative estimate of drug-likeness (QED) is 0.684. The second-order valence-corrected chi connectivity index (χ2v) is 4.81. The van der Waals surface area contributed by atoms with E-state index in [0.29, 0.717) is 6.04 Å². The van der Waals surface area contributed by atoms with Crippen LogP contribution in [0.3, 0.4) is 0 Å². The molecule has 0 amide bonds. The molecule has 0 radical (unpaired) electrons. The summed E-state index contributed by atoms with van der Waals surface area (Å²) in [7, 11) is 0. The number of rotatable bonds is 4. The average Bonchev–Trinajstić information content (AvgIpc) is 2.20. The maximum absolute atomic E-state index is 2.43. The number of aryl methyl sites for hydroxylation is 1. The Hall–Kier alpha value is -1.24. The van der Waals surface area contributed by atoms with Gasteiger partial charge in [0, 0.05) is 18.3 Å². The Labute approximate surface area is 99.8 Å². The third-order valence-corrected chi connectivity index (χ3v) is 2.74. The molecule has 1 rings (SSSR count). The second kappa shape index (κ2) is 5.74. The zero-order chi connectivity index (χ0) is 12.1. The van der Waals surface area contributed by atoms with Crippen LogP contribution >= 0.6 is 0 Å². The lowest BCUT2D eigenvalue weighted by atomic mass is 10.1. The summed E-state index contributed by atoms with van der Waals surface area (Å²) >= 11 is 0. The standard InChI is InChI=1S/C15H23N/c1-12(2)10-11-16(13(3)4)15-9-7-6-8-14(15)5/h6-10,13H,11H2,1-5H3. The lowest BCUT2D eigenvalue weighted by molar-refractivity contribution is 0.719. The number of allylic oxidation sites excluding steroid dienone is 1. The van der Waals surface area contributed by atoms with E-state index in [0.717, 1.165) is 6.54 Å². The summed E-state index contributed by atoms with van der Waals surface area (Å²) in [5.74, 6) is 0. The molecule has 0 bridgehead atoms. The molecule has 1 aromatic rings. The first kappa shape index (κ1) is 12.8. The zero-order valence-corrected chi connectivity index (χ0v) is 11.1. The second-order valence-electron chi connectivity index (χ2n) is 4.81. The predicted octanol–water partition coefficient (Wildman–Crippen LogP) is 4.18. The van der Waals surface area contributed by atoms with Crippen molar-refractivity contribution in [1.29, 1.82) is 0 Å². The third kappa shape index (κ3) is 3.41. The van der Waals surface area contributed by atoms with Gasteiger partial charge in [0.25, 0.3) is 0 Å². The Balaban J connectivity index is 2.94. The maximum atomic E-state index is 2.43. The van der Waals surface area contributed by atoms with E-state index >= 15 is 0 Å². The molecule has 0 saturated carbocycles. The Morgan fingerprint density at radius 1 is 1.25 bits per heavy atom. The lowest BCUT2D eigenvalue weighted by Gasteiger charge is -2.29. The van der Waals surface area contributed by atoms with Gasteiger partial charge >= 0.3 is 0 Å². The number of anilines is 1. The van der Waals surface area contributed by atoms with Gasteiger partial charge < -0.3 is 4.90 Å². The van der Waals surface area contributed by atoms with Crippen LogP contribution < -0.4 is 4.90 Å². The van der Waals surface area contributed by atoms with Crippen LogP contribution in [0, 0.1) is 6.92 Å². The van der Waals surface area contributed by atoms with Crippen LogP contribution in [0.4, 0.5) is 5.69 Å². The van der Waals surface area contributed by atoms with Gasteiger partial charge in [-0.1, -0.05) is 29.8 Å². The molecule has 0 saturated heterocycles. The van der Waals surface area contributed by atoms with Gasteiger partial charge in [-0.25, -0.2) is 0 Å². The fourth-order valence-electron chi connectivity index (χ4n) is 1.75. The molecule has 0 aromatic heterocycles. The van der Waals surface area contributed by atoms with Crippen molar-refractivity contribution in [3.63, 3.8) is 0 Å². The fraction of sp³-hybridized carbons (Fsp3) is 0.467. The summed E-state index contributed by atoms with van der Waals surface area (Å²) in [6, 6.07) is 9.11. The summed E-state index contributed by atoms with van der Waals surface area (Å²) in [6.45, 7) is 11.9. The minimum Gasteiger partial charge on any atom is -0.365 e. The van der Waals surface area contributed by atoms with Crippen LogP contribution in [0.2, 0.25) is 0 Å². The molecule has 1 aromatic carbocycles. The molecular formula is C15H23N. The van der Waals surface area contributed by atoms with Crippen molar-refractivity contribution in [2.45, 2.75) is 40.7 Å². The number of hydrogen-bond donors (Lipinski definition) is 0. The summed E-state index contributed by atoms with van der Waals surface area (Å²) in [5.41, 5.74) is 4.06. The van der Waals surface area contributed by atoms with Crippen molar-refractivity contribution in [1.82, 2.24) is 0 Å². The summed E-state index contributed by atoms with van der Waals surface area (Å²) in [5, 5.41) is 0. The summed E-state index contributed by atoms with van der Waals surface area (Å²) < 4.78 is 0. The molecule has 1 nitrogen and oxygen atoms in total. The van der Waals surface area contributed by atoms with E-state index in [1.165, 1.54) is 16.8 Å². The van der Waals surface area contributed by atoms with Gasteiger partial charge in [0.05, 0.1) is 0 Å². The fourth-order valence-corrected chi connectivity index (χ4v) is 1.75. The molecular weight excluding hydrogens is 194 g/mol. The maximum Gasteiger partial charge on any atom is 0.0401 e. The molecule has 0 aliphatic carbocycles. The van der Waals surface area contributed by atoms with Crippen molar-refractivity contribution >= 4 is 5.69 Å². The smallest absolute Gasteiger partial charge is 0.0401 e. The Morgan fingerprint density at radius 2 is 1.88 bits per heavy atom. The summed E-state index contributed by atoms with van der Waals surface area (Å²) in [4.78, 5) is 2.43. The molecule has 0 heterocycles. The monoisotopic (exact) mass is 217 g/mol. The first-order chi connectivity index (χ1) is 7.52. The number of nitrogens with zero attached hydrogens (tertiary/aromatic N) is 1. The van der Waals surface area contributed by atoms with Gasteiger partial charge in [0.1, 0.15) is 0 Å². The third-order valence-electron chi connectivity index (χ3n) is 2.74. The van der Waals surface area contributed by atoms with Crippen LogP contribution in [-0.2, 0) is 0 Å². The Kier molecular flexibility index (Phi) is 4.60. The molecule has 0 fully saturated rings. The van der Waals surface area contributed by atoms with E-state index in [1.54, 1.807) is 0 Å². The first-order valence-electron chi connectivity index (χ1n) is 5.98. The Morgan fingerprint density at radius 3 is 2.38 bits per heavy atom. The normalized spacial score (nSPS) is 10.4. The van der Waals surface area contributed by atoms with Crippen LogP contribution in [0.5, 0.6) is 0 Å². The molecule has 0 atom stereocenters. The molecule has 1 heteroatoms. The van der Waals surface area contributed by atoms with Gasteiger partial charge in [-0.3, -0.25) is 0 Å². The number of benzene rings is 1. The van der Waals surface area contributed by atoms with Gasteiger partial charge in [-0.2, -0.15) is 0 Å². The highest BCUT2D eigenvalue weighted by atomic mass is 15.1. The molecule has 0 aliphatic heterocycles. The topological polar surface area (TPSA) is 3.24 Å². The number of hydrogen-bond acceptors (Lipinski definition) is 1. The van der Waals surface area contributed by atoms with Crippen LogP contribution in [0.25, 0.3) is 0 Å². The van der Waals surface area contributed by atoms with Crippen LogP contribution in [0.15, 0.2) is 35.9 Å². The van der Waals surface area contributed by atoms with E-state index in [4.69, 9.17) is 0 Å². The molecule has 0 N–H and O–H groups in total. The van der Waals surface area contributed by atoms with E-state index < -0.39 is 0 Å². The number of para-hydroxylation sites is 1. The van der Waals surface area contributed by atoms with Crippen molar-refractivity contribution in [3.05, 3.63) is 41.5 Å². The van der Waals surface area contributed by atoms with Gasteiger partial charge in [0.15, 0.2) is 0 Å². The molecule has 0 spiro atoms. The predicted molar refractivity (Wildman–Crippen MR) is 73.1 cm³/mol. The van der Waals surface area contributed by atoms with Crippen molar-refractivity contribution in [3.8, 4) is 0 Å². The highest BCUT2D eigenvalue weighted by Crippen LogP contribution is 2.21. The minimum absolute atomic E-state index is 0.525. The Bertz CT molecular complexity index is 359. The van der Waals surface area contributed by atoms with Crippen molar-refractivity contribution in [2.24, 2.45) is 0 Å². The van der Waals surface area contributed by atoms with Crippen molar-refractivity contribution < 1.29 is 0 Å². The zero-order valence-electron chi connectivity index (χ0n) is 11.1. The van der Waals surface area contributed by atoms with E-state index in [2.05, 4.69) is 69.9 Å². The van der Waals surface area contributed by atoms with Gasteiger partial charge in [-0.05, 0) is 46.2 Å². The first-order valence-corrected chi connectivity index (χ1v) is 5.98. The van der Waals surface area contributed by atoms with Crippen LogP contribution in [0.1, 0.15) is 33.3 Å². The SMILES string of the molecule is CC(C)=CCN(c1ccccc1C)C(C)C. The van der Waals surface area contributed by atoms with Crippen LogP contribution in [-0.4, -0.2) is 12.6 Å². The minimum atomic E-state index is 0.525. The van der Waals surface area contributed by atoms with Gasteiger partial charge in [0.2, 0.25) is 0 Å². The average molecular weight is 217 g/mol. The highest BCUT2D eigenvalue weighted by molar-refractivity contribution is 5.54. The molecule has 88 valence electrons. The van der Waals surface area contributed by atoms with E-state index in [9.17, 15) is 0 Å².